The highest BCUT2D eigenvalue weighted by Gasteiger charge is 2.21. The molecular formula is C16H15BrFNO. The SMILES string of the molecule is CC1Cc2cc(C(N)c3cccc(F)c3Br)ccc2O1. The zero-order valence-corrected chi connectivity index (χ0v) is 12.7. The number of benzene rings is 2. The monoisotopic (exact) mass is 335 g/mol. The predicted octanol–water partition coefficient (Wildman–Crippen LogP) is 3.96. The van der Waals surface area contributed by atoms with Crippen molar-refractivity contribution < 1.29 is 9.13 Å². The summed E-state index contributed by atoms with van der Waals surface area (Å²) < 4.78 is 19.7. The van der Waals surface area contributed by atoms with E-state index in [4.69, 9.17) is 10.5 Å². The van der Waals surface area contributed by atoms with Gasteiger partial charge in [-0.25, -0.2) is 4.39 Å². The molecule has 1 heterocycles. The van der Waals surface area contributed by atoms with Crippen molar-refractivity contribution in [3.8, 4) is 5.75 Å². The van der Waals surface area contributed by atoms with Crippen molar-refractivity contribution in [3.05, 3.63) is 63.4 Å². The van der Waals surface area contributed by atoms with Gasteiger partial charge in [0.25, 0.3) is 0 Å². The van der Waals surface area contributed by atoms with Gasteiger partial charge in [0, 0.05) is 6.42 Å². The number of rotatable bonds is 2. The lowest BCUT2D eigenvalue weighted by atomic mass is 9.97. The van der Waals surface area contributed by atoms with Crippen LogP contribution in [0.3, 0.4) is 0 Å². The highest BCUT2D eigenvalue weighted by atomic mass is 79.9. The average Bonchev–Trinajstić information content (AvgIpc) is 2.80. The molecule has 2 nitrogen and oxygen atoms in total. The largest absolute Gasteiger partial charge is 0.490 e. The Labute approximate surface area is 125 Å². The summed E-state index contributed by atoms with van der Waals surface area (Å²) in [5, 5.41) is 0. The molecule has 0 amide bonds. The molecule has 0 bridgehead atoms. The van der Waals surface area contributed by atoms with Gasteiger partial charge < -0.3 is 10.5 Å². The molecule has 104 valence electrons. The molecule has 0 spiro atoms. The standard InChI is InChI=1S/C16H15BrFNO/c1-9-7-11-8-10(5-6-14(11)20-9)16(19)12-3-2-4-13(18)15(12)17/h2-6,8-9,16H,7,19H2,1H3. The number of nitrogens with two attached hydrogens (primary N) is 1. The Hall–Kier alpha value is -1.39. The highest BCUT2D eigenvalue weighted by molar-refractivity contribution is 9.10. The second-order valence-corrected chi connectivity index (χ2v) is 5.91. The normalized spacial score (nSPS) is 18.5. The van der Waals surface area contributed by atoms with E-state index in [9.17, 15) is 4.39 Å². The molecule has 4 heteroatoms. The van der Waals surface area contributed by atoms with Crippen LogP contribution >= 0.6 is 15.9 Å². The van der Waals surface area contributed by atoms with E-state index in [2.05, 4.69) is 22.0 Å². The summed E-state index contributed by atoms with van der Waals surface area (Å²) in [5.41, 5.74) is 9.15. The van der Waals surface area contributed by atoms with Crippen LogP contribution in [0.5, 0.6) is 5.75 Å². The highest BCUT2D eigenvalue weighted by Crippen LogP contribution is 2.34. The van der Waals surface area contributed by atoms with Gasteiger partial charge in [0.15, 0.2) is 0 Å². The molecule has 0 fully saturated rings. The van der Waals surface area contributed by atoms with E-state index in [1.54, 1.807) is 6.07 Å². The van der Waals surface area contributed by atoms with Crippen molar-refractivity contribution in [2.24, 2.45) is 5.73 Å². The van der Waals surface area contributed by atoms with E-state index >= 15 is 0 Å². The summed E-state index contributed by atoms with van der Waals surface area (Å²) in [6.07, 6.45) is 1.10. The number of fused-ring (bicyclic) bond motifs is 1. The van der Waals surface area contributed by atoms with Gasteiger partial charge in [-0.05, 0) is 51.7 Å². The first-order valence-electron chi connectivity index (χ1n) is 6.55. The number of halogens is 2. The van der Waals surface area contributed by atoms with Gasteiger partial charge in [-0.2, -0.15) is 0 Å². The lowest BCUT2D eigenvalue weighted by molar-refractivity contribution is 0.254. The predicted molar refractivity (Wildman–Crippen MR) is 80.4 cm³/mol. The Balaban J connectivity index is 1.97. The van der Waals surface area contributed by atoms with Crippen molar-refractivity contribution in [2.75, 3.05) is 0 Å². The molecular weight excluding hydrogens is 321 g/mol. The van der Waals surface area contributed by atoms with Crippen molar-refractivity contribution in [2.45, 2.75) is 25.5 Å². The summed E-state index contributed by atoms with van der Waals surface area (Å²) in [7, 11) is 0. The topological polar surface area (TPSA) is 35.2 Å². The number of ether oxygens (including phenoxy) is 1. The molecule has 2 atom stereocenters. The van der Waals surface area contributed by atoms with Crippen LogP contribution in [0, 0.1) is 5.82 Å². The van der Waals surface area contributed by atoms with Crippen molar-refractivity contribution in [1.82, 2.24) is 0 Å². The third-order valence-corrected chi connectivity index (χ3v) is 4.43. The molecule has 20 heavy (non-hydrogen) atoms. The quantitative estimate of drug-likeness (QED) is 0.901. The third kappa shape index (κ3) is 2.34. The van der Waals surface area contributed by atoms with Crippen LogP contribution in [0.2, 0.25) is 0 Å². The number of hydrogen-bond acceptors (Lipinski definition) is 2. The van der Waals surface area contributed by atoms with Gasteiger partial charge in [0.05, 0.1) is 10.5 Å². The minimum absolute atomic E-state index is 0.206. The minimum atomic E-state index is -0.360. The molecule has 1 aliphatic heterocycles. The first-order chi connectivity index (χ1) is 9.56. The van der Waals surface area contributed by atoms with E-state index in [0.29, 0.717) is 4.47 Å². The summed E-state index contributed by atoms with van der Waals surface area (Å²) in [4.78, 5) is 0. The van der Waals surface area contributed by atoms with Crippen molar-refractivity contribution in [1.29, 1.82) is 0 Å². The molecule has 3 rings (SSSR count). The van der Waals surface area contributed by atoms with Crippen molar-refractivity contribution in [3.63, 3.8) is 0 Å². The summed E-state index contributed by atoms with van der Waals surface area (Å²) >= 11 is 3.27. The first-order valence-corrected chi connectivity index (χ1v) is 7.34. The Bertz CT molecular complexity index is 659. The van der Waals surface area contributed by atoms with Crippen LogP contribution in [-0.4, -0.2) is 6.10 Å². The van der Waals surface area contributed by atoms with Gasteiger partial charge >= 0.3 is 0 Å². The second-order valence-electron chi connectivity index (χ2n) is 5.12. The minimum Gasteiger partial charge on any atom is -0.490 e. The third-order valence-electron chi connectivity index (χ3n) is 3.60. The van der Waals surface area contributed by atoms with Crippen LogP contribution in [0.15, 0.2) is 40.9 Å². The maximum Gasteiger partial charge on any atom is 0.137 e. The van der Waals surface area contributed by atoms with E-state index in [1.807, 2.05) is 25.1 Å². The van der Waals surface area contributed by atoms with Gasteiger partial charge in [0.2, 0.25) is 0 Å². The van der Waals surface area contributed by atoms with E-state index in [1.165, 1.54) is 6.07 Å². The molecule has 2 aromatic rings. The first kappa shape index (κ1) is 13.6. The summed E-state index contributed by atoms with van der Waals surface area (Å²) in [6, 6.07) is 10.5. The Morgan fingerprint density at radius 3 is 2.95 bits per heavy atom. The molecule has 0 aliphatic carbocycles. The van der Waals surface area contributed by atoms with Gasteiger partial charge in [-0.1, -0.05) is 24.3 Å². The van der Waals surface area contributed by atoms with E-state index < -0.39 is 0 Å². The number of hydrogen-bond donors (Lipinski definition) is 1. The Morgan fingerprint density at radius 1 is 1.35 bits per heavy atom. The lowest BCUT2D eigenvalue weighted by Gasteiger charge is -2.15. The van der Waals surface area contributed by atoms with Crippen LogP contribution in [0.4, 0.5) is 4.39 Å². The molecule has 0 aromatic heterocycles. The summed E-state index contributed by atoms with van der Waals surface area (Å²) in [6.45, 7) is 2.04. The second kappa shape index (κ2) is 5.19. The zero-order valence-electron chi connectivity index (χ0n) is 11.1. The Morgan fingerprint density at radius 2 is 2.15 bits per heavy atom. The maximum atomic E-state index is 13.6. The van der Waals surface area contributed by atoms with Gasteiger partial charge in [0.1, 0.15) is 17.7 Å². The van der Waals surface area contributed by atoms with Gasteiger partial charge in [-0.15, -0.1) is 0 Å². The smallest absolute Gasteiger partial charge is 0.137 e. The fraction of sp³-hybridized carbons (Fsp3) is 0.250. The summed E-state index contributed by atoms with van der Waals surface area (Å²) in [5.74, 6) is 0.628. The van der Waals surface area contributed by atoms with Crippen LogP contribution in [0.1, 0.15) is 29.7 Å². The molecule has 0 saturated carbocycles. The molecule has 2 unspecified atom stereocenters. The van der Waals surface area contributed by atoms with Crippen LogP contribution < -0.4 is 10.5 Å². The Kier molecular flexibility index (Phi) is 3.52. The van der Waals surface area contributed by atoms with Crippen LogP contribution in [0.25, 0.3) is 0 Å². The van der Waals surface area contributed by atoms with Crippen molar-refractivity contribution >= 4 is 15.9 Å². The van der Waals surface area contributed by atoms with Crippen LogP contribution in [-0.2, 0) is 6.42 Å². The molecule has 0 radical (unpaired) electrons. The van der Waals surface area contributed by atoms with E-state index in [0.717, 1.165) is 28.9 Å². The fourth-order valence-electron chi connectivity index (χ4n) is 2.58. The molecule has 0 saturated heterocycles. The molecule has 1 aliphatic rings. The van der Waals surface area contributed by atoms with E-state index in [-0.39, 0.29) is 18.0 Å². The average molecular weight is 336 g/mol. The zero-order chi connectivity index (χ0) is 14.3. The fourth-order valence-corrected chi connectivity index (χ4v) is 3.09. The molecule has 2 N–H and O–H groups in total. The maximum absolute atomic E-state index is 13.6. The lowest BCUT2D eigenvalue weighted by Crippen LogP contribution is -2.13. The van der Waals surface area contributed by atoms with Gasteiger partial charge in [-0.3, -0.25) is 0 Å². The molecule has 2 aromatic carbocycles.